The number of aromatic nitrogens is 1. The van der Waals surface area contributed by atoms with Crippen LogP contribution >= 0.6 is 11.6 Å². The zero-order valence-electron chi connectivity index (χ0n) is 11.5. The first-order valence-corrected chi connectivity index (χ1v) is 7.47. The molecule has 0 saturated heterocycles. The van der Waals surface area contributed by atoms with Crippen molar-refractivity contribution >= 4 is 22.5 Å². The van der Waals surface area contributed by atoms with Gasteiger partial charge in [0.05, 0.1) is 5.52 Å². The summed E-state index contributed by atoms with van der Waals surface area (Å²) in [5, 5.41) is 12.3. The van der Waals surface area contributed by atoms with E-state index in [9.17, 15) is 5.11 Å². The number of alkyl halides is 1. The fourth-order valence-corrected chi connectivity index (χ4v) is 3.00. The van der Waals surface area contributed by atoms with Gasteiger partial charge in [0.2, 0.25) is 0 Å². The van der Waals surface area contributed by atoms with Gasteiger partial charge in [-0.2, -0.15) is 0 Å². The van der Waals surface area contributed by atoms with E-state index in [2.05, 4.69) is 4.98 Å². The van der Waals surface area contributed by atoms with Crippen LogP contribution in [0.4, 0.5) is 0 Å². The Kier molecular flexibility index (Phi) is 3.91. The fraction of sp³-hybridized carbons (Fsp3) is 0.167. The van der Waals surface area contributed by atoms with Crippen LogP contribution in [0.1, 0.15) is 17.5 Å². The predicted octanol–water partition coefficient (Wildman–Crippen LogP) is 4.10. The van der Waals surface area contributed by atoms with Gasteiger partial charge >= 0.3 is 0 Å². The molecule has 1 unspecified atom stereocenters. The maximum atomic E-state index is 11.3. The van der Waals surface area contributed by atoms with E-state index in [0.717, 1.165) is 22.0 Å². The molecule has 0 amide bonds. The molecule has 3 heteroatoms. The summed E-state index contributed by atoms with van der Waals surface area (Å²) in [4.78, 5) is 4.45. The first-order chi connectivity index (χ1) is 10.3. The van der Waals surface area contributed by atoms with E-state index in [-0.39, 0.29) is 0 Å². The fourth-order valence-electron chi connectivity index (χ4n) is 2.72. The van der Waals surface area contributed by atoms with Gasteiger partial charge in [0, 0.05) is 23.0 Å². The van der Waals surface area contributed by atoms with E-state index in [1.807, 2.05) is 60.7 Å². The number of hydrogen-bond acceptors (Lipinski definition) is 2. The number of nitrogens with zero attached hydrogens (tertiary/aromatic N) is 1. The lowest BCUT2D eigenvalue weighted by atomic mass is 9.83. The summed E-state index contributed by atoms with van der Waals surface area (Å²) < 4.78 is 0. The van der Waals surface area contributed by atoms with Crippen LogP contribution in [-0.4, -0.2) is 16.0 Å². The van der Waals surface area contributed by atoms with Gasteiger partial charge in [-0.15, -0.1) is 11.6 Å². The second-order valence-electron chi connectivity index (χ2n) is 5.05. The van der Waals surface area contributed by atoms with Gasteiger partial charge < -0.3 is 5.11 Å². The summed E-state index contributed by atoms with van der Waals surface area (Å²) in [6.07, 6.45) is 2.19. The van der Waals surface area contributed by atoms with Crippen LogP contribution < -0.4 is 0 Å². The third-order valence-electron chi connectivity index (χ3n) is 3.79. The summed E-state index contributed by atoms with van der Waals surface area (Å²) in [5.74, 6) is 0.370. The number of para-hydroxylation sites is 1. The first-order valence-electron chi connectivity index (χ1n) is 6.94. The minimum absolute atomic E-state index is 0.370. The van der Waals surface area contributed by atoms with Gasteiger partial charge in [-0.1, -0.05) is 54.6 Å². The summed E-state index contributed by atoms with van der Waals surface area (Å²) in [6, 6.07) is 19.4. The molecule has 1 atom stereocenters. The Balaban J connectivity index is 2.25. The molecule has 2 nitrogen and oxygen atoms in total. The predicted molar refractivity (Wildman–Crippen MR) is 86.5 cm³/mol. The summed E-state index contributed by atoms with van der Waals surface area (Å²) in [6.45, 7) is 0. The number of halogens is 1. The van der Waals surface area contributed by atoms with Crippen LogP contribution in [0.25, 0.3) is 10.9 Å². The Bertz CT molecular complexity index is 739. The topological polar surface area (TPSA) is 33.1 Å². The van der Waals surface area contributed by atoms with E-state index in [1.165, 1.54) is 0 Å². The average Bonchev–Trinajstić information content (AvgIpc) is 2.55. The molecule has 1 N–H and O–H groups in total. The van der Waals surface area contributed by atoms with Gasteiger partial charge in [0.25, 0.3) is 0 Å². The number of benzene rings is 2. The lowest BCUT2D eigenvalue weighted by molar-refractivity contribution is 0.0788. The molecule has 1 aromatic heterocycles. The standard InChI is InChI=1S/C18H16ClNO/c19-12-11-18(21,15-8-2-1-3-9-15)16-10-4-6-14-7-5-13-20-17(14)16/h1-10,13,21H,11-12H2. The lowest BCUT2D eigenvalue weighted by Crippen LogP contribution is -2.28. The van der Waals surface area contributed by atoms with E-state index in [0.29, 0.717) is 12.3 Å². The highest BCUT2D eigenvalue weighted by Gasteiger charge is 2.32. The van der Waals surface area contributed by atoms with E-state index in [4.69, 9.17) is 11.6 Å². The average molecular weight is 298 g/mol. The molecule has 0 fully saturated rings. The van der Waals surface area contributed by atoms with Crippen LogP contribution in [0.3, 0.4) is 0 Å². The van der Waals surface area contributed by atoms with E-state index < -0.39 is 5.60 Å². The first kappa shape index (κ1) is 14.1. The van der Waals surface area contributed by atoms with Crippen molar-refractivity contribution in [1.82, 2.24) is 4.98 Å². The van der Waals surface area contributed by atoms with Crippen molar-refractivity contribution in [2.24, 2.45) is 0 Å². The van der Waals surface area contributed by atoms with Crippen LogP contribution in [0.2, 0.25) is 0 Å². The molecule has 0 radical (unpaired) electrons. The van der Waals surface area contributed by atoms with Crippen molar-refractivity contribution in [3.8, 4) is 0 Å². The molecule has 0 aliphatic carbocycles. The molecule has 106 valence electrons. The zero-order chi connectivity index (χ0) is 14.7. The minimum Gasteiger partial charge on any atom is -0.380 e. The monoisotopic (exact) mass is 297 g/mol. The molecule has 21 heavy (non-hydrogen) atoms. The highest BCUT2D eigenvalue weighted by molar-refractivity contribution is 6.17. The van der Waals surface area contributed by atoms with E-state index in [1.54, 1.807) is 6.20 Å². The van der Waals surface area contributed by atoms with Crippen molar-refractivity contribution in [2.75, 3.05) is 5.88 Å². The summed E-state index contributed by atoms with van der Waals surface area (Å²) in [5.41, 5.74) is 1.32. The molecule has 3 rings (SSSR count). The number of aliphatic hydroxyl groups is 1. The molecule has 2 aromatic carbocycles. The Hall–Kier alpha value is -1.90. The molecule has 0 bridgehead atoms. The SMILES string of the molecule is OC(CCCl)(c1ccccc1)c1cccc2cccnc12. The third-order valence-corrected chi connectivity index (χ3v) is 3.97. The normalized spacial score (nSPS) is 14.0. The minimum atomic E-state index is -1.13. The number of fused-ring (bicyclic) bond motifs is 1. The molecule has 0 spiro atoms. The summed E-state index contributed by atoms with van der Waals surface area (Å²) >= 11 is 5.96. The van der Waals surface area contributed by atoms with E-state index >= 15 is 0 Å². The van der Waals surface area contributed by atoms with Crippen LogP contribution in [0.15, 0.2) is 66.9 Å². The Morgan fingerprint density at radius 2 is 1.71 bits per heavy atom. The van der Waals surface area contributed by atoms with Crippen LogP contribution in [0.5, 0.6) is 0 Å². The molecule has 0 aliphatic heterocycles. The largest absolute Gasteiger partial charge is 0.380 e. The van der Waals surface area contributed by atoms with Crippen LogP contribution in [-0.2, 0) is 5.60 Å². The molecule has 1 heterocycles. The molecular weight excluding hydrogens is 282 g/mol. The van der Waals surface area contributed by atoms with Crippen molar-refractivity contribution in [3.05, 3.63) is 78.0 Å². The maximum Gasteiger partial charge on any atom is 0.118 e. The number of rotatable bonds is 4. The number of hydrogen-bond donors (Lipinski definition) is 1. The molecule has 0 aliphatic rings. The van der Waals surface area contributed by atoms with Crippen molar-refractivity contribution in [2.45, 2.75) is 12.0 Å². The Morgan fingerprint density at radius 1 is 0.952 bits per heavy atom. The second-order valence-corrected chi connectivity index (χ2v) is 5.42. The van der Waals surface area contributed by atoms with Gasteiger partial charge in [-0.25, -0.2) is 0 Å². The third kappa shape index (κ3) is 2.53. The molecular formula is C18H16ClNO. The highest BCUT2D eigenvalue weighted by atomic mass is 35.5. The van der Waals surface area contributed by atoms with Crippen molar-refractivity contribution < 1.29 is 5.11 Å². The number of pyridine rings is 1. The Labute approximate surface area is 129 Å². The van der Waals surface area contributed by atoms with Gasteiger partial charge in [-0.3, -0.25) is 4.98 Å². The van der Waals surface area contributed by atoms with Gasteiger partial charge in [0.1, 0.15) is 5.60 Å². The van der Waals surface area contributed by atoms with Crippen molar-refractivity contribution in [3.63, 3.8) is 0 Å². The van der Waals surface area contributed by atoms with Crippen LogP contribution in [0, 0.1) is 0 Å². The second kappa shape index (κ2) is 5.84. The smallest absolute Gasteiger partial charge is 0.118 e. The lowest BCUT2D eigenvalue weighted by Gasteiger charge is -2.29. The highest BCUT2D eigenvalue weighted by Crippen LogP contribution is 2.36. The maximum absolute atomic E-state index is 11.3. The Morgan fingerprint density at radius 3 is 2.48 bits per heavy atom. The molecule has 3 aromatic rings. The molecule has 0 saturated carbocycles. The quantitative estimate of drug-likeness (QED) is 0.736. The van der Waals surface area contributed by atoms with Gasteiger partial charge in [0.15, 0.2) is 0 Å². The van der Waals surface area contributed by atoms with Crippen molar-refractivity contribution in [1.29, 1.82) is 0 Å². The van der Waals surface area contributed by atoms with Gasteiger partial charge in [-0.05, 0) is 18.1 Å². The summed E-state index contributed by atoms with van der Waals surface area (Å²) in [7, 11) is 0. The zero-order valence-corrected chi connectivity index (χ0v) is 12.3.